The van der Waals surface area contributed by atoms with Gasteiger partial charge in [-0.25, -0.2) is 9.97 Å². The molecule has 1 N–H and O–H groups in total. The topological polar surface area (TPSA) is 94.3 Å². The summed E-state index contributed by atoms with van der Waals surface area (Å²) in [5.41, 5.74) is 3.45. The number of rotatable bonds is 4. The first-order chi connectivity index (χ1) is 12.3. The lowest BCUT2D eigenvalue weighted by molar-refractivity contribution is -0.117. The molecule has 2 aliphatic rings. The van der Waals surface area contributed by atoms with Crippen LogP contribution in [-0.4, -0.2) is 38.1 Å². The summed E-state index contributed by atoms with van der Waals surface area (Å²) in [6, 6.07) is 8.54. The highest BCUT2D eigenvalue weighted by Gasteiger charge is 2.26. The first-order valence-corrected chi connectivity index (χ1v) is 8.07. The molecule has 1 aromatic carbocycles. The van der Waals surface area contributed by atoms with Gasteiger partial charge in [0.25, 0.3) is 6.23 Å². The first kappa shape index (κ1) is 14.1. The van der Waals surface area contributed by atoms with E-state index in [1.54, 1.807) is 0 Å². The Balaban J connectivity index is 1.50. The van der Waals surface area contributed by atoms with Crippen LogP contribution in [0.4, 0.5) is 0 Å². The van der Waals surface area contributed by atoms with Crippen molar-refractivity contribution in [1.82, 2.24) is 25.1 Å². The van der Waals surface area contributed by atoms with Crippen LogP contribution in [0.25, 0.3) is 22.2 Å². The van der Waals surface area contributed by atoms with E-state index in [1.165, 1.54) is 19.2 Å². The summed E-state index contributed by atoms with van der Waals surface area (Å²) in [5.74, 6) is 0.420. The van der Waals surface area contributed by atoms with Gasteiger partial charge in [-0.1, -0.05) is 11.2 Å². The van der Waals surface area contributed by atoms with E-state index >= 15 is 0 Å². The Kier molecular flexibility index (Phi) is 3.03. The molecule has 124 valence electrons. The summed E-state index contributed by atoms with van der Waals surface area (Å²) in [6.45, 7) is 0. The smallest absolute Gasteiger partial charge is 0.254 e. The number of oxime groups is 1. The number of carbonyl (C=O) groups excluding carboxylic acids is 1. The Morgan fingerprint density at radius 2 is 2.08 bits per heavy atom. The molecule has 2 aromatic heterocycles. The van der Waals surface area contributed by atoms with Crippen molar-refractivity contribution in [3.8, 4) is 11.3 Å². The van der Waals surface area contributed by atoms with Gasteiger partial charge in [-0.05, 0) is 31.0 Å². The van der Waals surface area contributed by atoms with Crippen molar-refractivity contribution in [1.29, 1.82) is 0 Å². The lowest BCUT2D eigenvalue weighted by Gasteiger charge is -2.05. The molecule has 3 heterocycles. The van der Waals surface area contributed by atoms with Crippen LogP contribution < -0.4 is 5.32 Å². The van der Waals surface area contributed by atoms with Crippen molar-refractivity contribution in [2.75, 3.05) is 0 Å². The number of aldehydes is 1. The zero-order valence-corrected chi connectivity index (χ0v) is 13.2. The molecule has 25 heavy (non-hydrogen) atoms. The number of amidine groups is 1. The maximum absolute atomic E-state index is 10.7. The minimum atomic E-state index is -0.766. The zero-order valence-electron chi connectivity index (χ0n) is 13.2. The fourth-order valence-corrected chi connectivity index (χ4v) is 2.94. The van der Waals surface area contributed by atoms with Gasteiger partial charge < -0.3 is 10.2 Å². The molecule has 8 heteroatoms. The Bertz CT molecular complexity index is 1010. The Hall–Kier alpha value is -3.29. The van der Waals surface area contributed by atoms with Crippen LogP contribution in [0.5, 0.6) is 0 Å². The highest BCUT2D eigenvalue weighted by atomic mass is 16.7. The first-order valence-electron chi connectivity index (χ1n) is 8.07. The molecule has 0 bridgehead atoms. The van der Waals surface area contributed by atoms with E-state index in [0.29, 0.717) is 23.9 Å². The molecule has 1 saturated carbocycles. The predicted molar refractivity (Wildman–Crippen MR) is 89.6 cm³/mol. The average molecular weight is 334 g/mol. The number of nitrogens with zero attached hydrogens (tertiary/aromatic N) is 5. The molecule has 1 unspecified atom stereocenters. The highest BCUT2D eigenvalue weighted by Crippen LogP contribution is 2.37. The molecule has 0 saturated heterocycles. The van der Waals surface area contributed by atoms with E-state index in [9.17, 15) is 4.79 Å². The van der Waals surface area contributed by atoms with Gasteiger partial charge in [0.2, 0.25) is 0 Å². The van der Waals surface area contributed by atoms with Gasteiger partial charge in [0.15, 0.2) is 12.1 Å². The maximum Gasteiger partial charge on any atom is 0.254 e. The lowest BCUT2D eigenvalue weighted by atomic mass is 10.1. The summed E-state index contributed by atoms with van der Waals surface area (Å²) in [7, 11) is 0. The molecule has 3 aromatic rings. The van der Waals surface area contributed by atoms with Gasteiger partial charge in [-0.3, -0.25) is 9.48 Å². The summed E-state index contributed by atoms with van der Waals surface area (Å²) in [6.07, 6.45) is 5.65. The summed E-state index contributed by atoms with van der Waals surface area (Å²) in [5, 5.41) is 12.3. The van der Waals surface area contributed by atoms with Crippen LogP contribution >= 0.6 is 0 Å². The van der Waals surface area contributed by atoms with Crippen LogP contribution in [0, 0.1) is 0 Å². The van der Waals surface area contributed by atoms with Crippen LogP contribution in [-0.2, 0) is 9.63 Å². The van der Waals surface area contributed by atoms with Crippen molar-refractivity contribution >= 4 is 23.0 Å². The second-order valence-electron chi connectivity index (χ2n) is 6.13. The Labute approximate surface area is 142 Å². The number of hydrogen-bond donors (Lipinski definition) is 1. The van der Waals surface area contributed by atoms with E-state index in [-0.39, 0.29) is 0 Å². The average Bonchev–Trinajstić information content (AvgIpc) is 3.23. The molecule has 0 spiro atoms. The maximum atomic E-state index is 10.7. The fourth-order valence-electron chi connectivity index (χ4n) is 2.94. The highest BCUT2D eigenvalue weighted by molar-refractivity contribution is 5.99. The number of carbonyl (C=O) groups is 1. The molecule has 1 atom stereocenters. The number of fused-ring (bicyclic) bond motifs is 1. The van der Waals surface area contributed by atoms with E-state index in [2.05, 4.69) is 42.4 Å². The standard InChI is InChI=1S/C17H14N6O2/c24-8-16-21-17(22-25-16)14-6-13(18-9-19-14)10-1-4-15-11(5-10)7-20-23(15)12-2-3-12/h1,4-9,12,16H,2-3H2,(H,21,22). The van der Waals surface area contributed by atoms with E-state index in [4.69, 9.17) is 4.84 Å². The van der Waals surface area contributed by atoms with Crippen LogP contribution in [0.15, 0.2) is 41.9 Å². The fraction of sp³-hybridized carbons (Fsp3) is 0.235. The van der Waals surface area contributed by atoms with Crippen molar-refractivity contribution < 1.29 is 9.63 Å². The largest absolute Gasteiger partial charge is 0.361 e. The molecule has 1 aliphatic heterocycles. The summed E-state index contributed by atoms with van der Waals surface area (Å²) in [4.78, 5) is 24.2. The number of hydrogen-bond acceptors (Lipinski definition) is 7. The molecule has 1 fully saturated rings. The monoisotopic (exact) mass is 334 g/mol. The van der Waals surface area contributed by atoms with Crippen molar-refractivity contribution in [3.05, 3.63) is 42.5 Å². The molecular weight excluding hydrogens is 320 g/mol. The molecule has 1 aliphatic carbocycles. The van der Waals surface area contributed by atoms with Crippen molar-refractivity contribution in [2.24, 2.45) is 5.16 Å². The van der Waals surface area contributed by atoms with Crippen LogP contribution in [0.1, 0.15) is 24.6 Å². The molecule has 5 rings (SSSR count). The second-order valence-corrected chi connectivity index (χ2v) is 6.13. The number of nitrogens with one attached hydrogen (secondary N) is 1. The molecule has 8 nitrogen and oxygen atoms in total. The SMILES string of the molecule is O=CC1NC(c2cc(-c3ccc4c(cnn4C4CC4)c3)ncn2)=NO1. The summed E-state index contributed by atoms with van der Waals surface area (Å²) >= 11 is 0. The number of aromatic nitrogens is 4. The van der Waals surface area contributed by atoms with Crippen molar-refractivity contribution in [3.63, 3.8) is 0 Å². The quantitative estimate of drug-likeness (QED) is 0.729. The third-order valence-corrected chi connectivity index (χ3v) is 4.35. The summed E-state index contributed by atoms with van der Waals surface area (Å²) < 4.78 is 2.10. The number of benzene rings is 1. The van der Waals surface area contributed by atoms with Gasteiger partial charge in [0.05, 0.1) is 23.4 Å². The second kappa shape index (κ2) is 5.37. The Morgan fingerprint density at radius 1 is 1.20 bits per heavy atom. The van der Waals surface area contributed by atoms with E-state index in [0.717, 1.165) is 22.2 Å². The minimum absolute atomic E-state index is 0.420. The molecular formula is C17H14N6O2. The van der Waals surface area contributed by atoms with Crippen LogP contribution in [0.3, 0.4) is 0 Å². The zero-order chi connectivity index (χ0) is 16.8. The van der Waals surface area contributed by atoms with Gasteiger partial charge in [0.1, 0.15) is 12.0 Å². The van der Waals surface area contributed by atoms with E-state index < -0.39 is 6.23 Å². The minimum Gasteiger partial charge on any atom is -0.361 e. The van der Waals surface area contributed by atoms with E-state index in [1.807, 2.05) is 18.3 Å². The third-order valence-electron chi connectivity index (χ3n) is 4.35. The Morgan fingerprint density at radius 3 is 2.88 bits per heavy atom. The van der Waals surface area contributed by atoms with Gasteiger partial charge in [-0.15, -0.1) is 0 Å². The third kappa shape index (κ3) is 2.42. The lowest BCUT2D eigenvalue weighted by Crippen LogP contribution is -2.31. The van der Waals surface area contributed by atoms with Crippen LogP contribution in [0.2, 0.25) is 0 Å². The normalized spacial score (nSPS) is 19.4. The van der Waals surface area contributed by atoms with Gasteiger partial charge in [-0.2, -0.15) is 5.10 Å². The predicted octanol–water partition coefficient (Wildman–Crippen LogP) is 1.63. The van der Waals surface area contributed by atoms with Gasteiger partial charge in [0, 0.05) is 10.9 Å². The molecule has 0 amide bonds. The van der Waals surface area contributed by atoms with Gasteiger partial charge >= 0.3 is 0 Å². The van der Waals surface area contributed by atoms with Crippen molar-refractivity contribution in [2.45, 2.75) is 25.1 Å². The molecule has 0 radical (unpaired) electrons.